The number of hydrogen-bond donors (Lipinski definition) is 1. The number of ether oxygens (including phenoxy) is 2. The number of carbonyl (C=O) groups excluding carboxylic acids is 2. The Kier molecular flexibility index (Phi) is 11.7. The Hall–Kier alpha value is -2.29. The van der Waals surface area contributed by atoms with Crippen LogP contribution in [0, 0.1) is 5.92 Å². The number of aromatic nitrogens is 2. The maximum Gasteiger partial charge on any atom is 0.410 e. The van der Waals surface area contributed by atoms with Crippen LogP contribution in [0.5, 0.6) is 0 Å². The first-order chi connectivity index (χ1) is 17.3. The number of nitrogens with zero attached hydrogens (tertiary/aromatic N) is 3. The lowest BCUT2D eigenvalue weighted by Crippen LogP contribution is -2.54. The summed E-state index contributed by atoms with van der Waals surface area (Å²) in [6, 6.07) is 4.51. The molecule has 37 heavy (non-hydrogen) atoms. The summed E-state index contributed by atoms with van der Waals surface area (Å²) < 4.78 is 13.0. The Morgan fingerprint density at radius 2 is 1.89 bits per heavy atom. The van der Waals surface area contributed by atoms with Crippen LogP contribution >= 0.6 is 23.2 Å². The molecule has 0 aliphatic carbocycles. The van der Waals surface area contributed by atoms with Crippen molar-refractivity contribution >= 4 is 35.2 Å². The molecule has 2 aromatic rings. The zero-order chi connectivity index (χ0) is 27.8. The van der Waals surface area contributed by atoms with Crippen molar-refractivity contribution in [3.05, 3.63) is 52.0 Å². The maximum atomic E-state index is 13.4. The van der Waals surface area contributed by atoms with Crippen molar-refractivity contribution in [2.75, 3.05) is 13.7 Å². The normalized spacial score (nSPS) is 13.4. The molecule has 1 aromatic heterocycles. The van der Waals surface area contributed by atoms with Crippen molar-refractivity contribution < 1.29 is 19.1 Å². The van der Waals surface area contributed by atoms with Crippen LogP contribution in [0.2, 0.25) is 10.0 Å². The Balaban J connectivity index is 2.18. The third-order valence-corrected chi connectivity index (χ3v) is 6.70. The minimum atomic E-state index is -0.752. The van der Waals surface area contributed by atoms with E-state index in [1.807, 2.05) is 31.5 Å². The number of halogens is 2. The van der Waals surface area contributed by atoms with Gasteiger partial charge in [-0.05, 0) is 51.7 Å². The molecule has 0 aliphatic rings. The second-order valence-electron chi connectivity index (χ2n) is 10.5. The van der Waals surface area contributed by atoms with Gasteiger partial charge in [-0.1, -0.05) is 49.2 Å². The lowest BCUT2D eigenvalue weighted by atomic mass is 10.0. The topological polar surface area (TPSA) is 85.7 Å². The quantitative estimate of drug-likeness (QED) is 0.361. The fraction of sp³-hybridized carbons (Fsp3) is 0.593. The van der Waals surface area contributed by atoms with Gasteiger partial charge in [-0.25, -0.2) is 9.78 Å². The van der Waals surface area contributed by atoms with Gasteiger partial charge in [0.05, 0.1) is 28.2 Å². The van der Waals surface area contributed by atoms with Gasteiger partial charge in [0, 0.05) is 39.4 Å². The summed E-state index contributed by atoms with van der Waals surface area (Å²) in [6.45, 7) is 12.5. The molecule has 0 aliphatic heterocycles. The number of hydrogen-bond acceptors (Lipinski definition) is 5. The summed E-state index contributed by atoms with van der Waals surface area (Å²) in [5.41, 5.74) is 0.816. The highest BCUT2D eigenvalue weighted by Crippen LogP contribution is 2.25. The summed E-state index contributed by atoms with van der Waals surface area (Å²) >= 11 is 12.4. The van der Waals surface area contributed by atoms with Gasteiger partial charge in [0.15, 0.2) is 0 Å². The average Bonchev–Trinajstić information content (AvgIpc) is 3.27. The summed E-state index contributed by atoms with van der Waals surface area (Å²) in [7, 11) is 1.69. The molecule has 0 fully saturated rings. The molecular formula is C27H40Cl2N4O4. The van der Waals surface area contributed by atoms with E-state index in [0.717, 1.165) is 18.7 Å². The van der Waals surface area contributed by atoms with Crippen molar-refractivity contribution in [2.45, 2.75) is 85.2 Å². The van der Waals surface area contributed by atoms with Crippen molar-refractivity contribution in [3.63, 3.8) is 0 Å². The fourth-order valence-corrected chi connectivity index (χ4v) is 4.17. The van der Waals surface area contributed by atoms with Crippen molar-refractivity contribution in [2.24, 2.45) is 5.92 Å². The molecule has 0 saturated heterocycles. The van der Waals surface area contributed by atoms with Gasteiger partial charge >= 0.3 is 6.09 Å². The van der Waals surface area contributed by atoms with Crippen molar-refractivity contribution in [1.29, 1.82) is 0 Å². The van der Waals surface area contributed by atoms with Crippen LogP contribution in [0.3, 0.4) is 0 Å². The highest BCUT2D eigenvalue weighted by atomic mass is 35.5. The van der Waals surface area contributed by atoms with E-state index in [0.29, 0.717) is 22.0 Å². The van der Waals surface area contributed by atoms with Crippen LogP contribution < -0.4 is 5.32 Å². The molecular weight excluding hydrogens is 515 g/mol. The first-order valence-electron chi connectivity index (χ1n) is 12.6. The van der Waals surface area contributed by atoms with Crippen LogP contribution in [-0.4, -0.2) is 57.9 Å². The van der Waals surface area contributed by atoms with Crippen LogP contribution in [0.25, 0.3) is 0 Å². The molecule has 0 bridgehead atoms. The molecule has 1 heterocycles. The summed E-state index contributed by atoms with van der Waals surface area (Å²) in [5, 5.41) is 3.73. The molecule has 8 nitrogen and oxygen atoms in total. The Morgan fingerprint density at radius 1 is 1.19 bits per heavy atom. The molecule has 206 valence electrons. The van der Waals surface area contributed by atoms with Gasteiger partial charge in [0.1, 0.15) is 11.6 Å². The van der Waals surface area contributed by atoms with Crippen LogP contribution in [-0.2, 0) is 33.8 Å². The number of benzene rings is 1. The number of methoxy groups -OCH3 is 1. The van der Waals surface area contributed by atoms with Gasteiger partial charge in [-0.15, -0.1) is 0 Å². The number of aryl methyl sites for hydroxylation is 1. The number of amides is 2. The molecule has 2 atom stereocenters. The van der Waals surface area contributed by atoms with Gasteiger partial charge in [-0.3, -0.25) is 9.69 Å². The molecule has 2 amide bonds. The number of rotatable bonds is 12. The lowest BCUT2D eigenvalue weighted by Gasteiger charge is -2.34. The first-order valence-corrected chi connectivity index (χ1v) is 13.3. The number of nitrogens with one attached hydrogen (secondary N) is 1. The highest BCUT2D eigenvalue weighted by Gasteiger charge is 2.35. The zero-order valence-corrected chi connectivity index (χ0v) is 24.4. The van der Waals surface area contributed by atoms with E-state index in [1.54, 1.807) is 52.4 Å². The number of imidazole rings is 1. The summed E-state index contributed by atoms with van der Waals surface area (Å²) in [6.07, 6.45) is 4.68. The molecule has 1 N–H and O–H groups in total. The van der Waals surface area contributed by atoms with Gasteiger partial charge in [-0.2, -0.15) is 0 Å². The van der Waals surface area contributed by atoms with E-state index >= 15 is 0 Å². The Morgan fingerprint density at radius 3 is 2.51 bits per heavy atom. The standard InChI is InChI=1S/C27H40Cl2N4O4/c1-18(2)24(25(34)30-15-20-9-8-10-22(28)23(20)29)33(26(35)37-27(4,5)6)14-12-21-16-32(17-31-21)13-11-19(3)36-7/h8-10,16-19,24H,11-15H2,1-7H3,(H,30,34)/t19?,24-/m0/s1. The smallest absolute Gasteiger partial charge is 0.410 e. The first kappa shape index (κ1) is 30.9. The SMILES string of the molecule is COC(C)CCn1cnc(CCN(C(=O)OC(C)(C)C)[C@H](C(=O)NCc2cccc(Cl)c2Cl)C(C)C)c1. The Labute approximate surface area is 230 Å². The van der Waals surface area contributed by atoms with E-state index in [-0.39, 0.29) is 31.0 Å². The molecule has 1 aromatic carbocycles. The maximum absolute atomic E-state index is 13.4. The monoisotopic (exact) mass is 554 g/mol. The van der Waals surface area contributed by atoms with E-state index < -0.39 is 17.7 Å². The second kappa shape index (κ2) is 14.0. The largest absolute Gasteiger partial charge is 0.444 e. The van der Waals surface area contributed by atoms with Gasteiger partial charge in [0.25, 0.3) is 0 Å². The molecule has 0 saturated carbocycles. The average molecular weight is 556 g/mol. The minimum Gasteiger partial charge on any atom is -0.444 e. The summed E-state index contributed by atoms with van der Waals surface area (Å²) in [5.74, 6) is -0.466. The van der Waals surface area contributed by atoms with E-state index in [9.17, 15) is 9.59 Å². The minimum absolute atomic E-state index is 0.153. The highest BCUT2D eigenvalue weighted by molar-refractivity contribution is 6.42. The predicted octanol–water partition coefficient (Wildman–Crippen LogP) is 5.74. The fourth-order valence-electron chi connectivity index (χ4n) is 3.78. The molecule has 0 spiro atoms. The van der Waals surface area contributed by atoms with Crippen LogP contribution in [0.4, 0.5) is 4.79 Å². The van der Waals surface area contributed by atoms with Gasteiger partial charge < -0.3 is 19.4 Å². The molecule has 1 unspecified atom stereocenters. The third kappa shape index (κ3) is 9.83. The van der Waals surface area contributed by atoms with Gasteiger partial charge in [0.2, 0.25) is 5.91 Å². The molecule has 2 rings (SSSR count). The van der Waals surface area contributed by atoms with E-state index in [2.05, 4.69) is 10.3 Å². The van der Waals surface area contributed by atoms with Crippen molar-refractivity contribution in [3.8, 4) is 0 Å². The predicted molar refractivity (Wildman–Crippen MR) is 147 cm³/mol. The molecule has 10 heteroatoms. The summed E-state index contributed by atoms with van der Waals surface area (Å²) in [4.78, 5) is 32.6. The van der Waals surface area contributed by atoms with Crippen LogP contribution in [0.1, 0.15) is 59.2 Å². The van der Waals surface area contributed by atoms with Crippen LogP contribution in [0.15, 0.2) is 30.7 Å². The van der Waals surface area contributed by atoms with Crippen molar-refractivity contribution in [1.82, 2.24) is 19.8 Å². The Bertz CT molecular complexity index is 1040. The van der Waals surface area contributed by atoms with E-state index in [1.165, 1.54) is 4.90 Å². The lowest BCUT2D eigenvalue weighted by molar-refractivity contribution is -0.128. The molecule has 0 radical (unpaired) electrons. The van der Waals surface area contributed by atoms with E-state index in [4.69, 9.17) is 32.7 Å². The second-order valence-corrected chi connectivity index (χ2v) is 11.3. The zero-order valence-electron chi connectivity index (χ0n) is 22.9. The third-order valence-electron chi connectivity index (χ3n) is 5.84. The number of carbonyl (C=O) groups is 2.